The molecule has 2 heterocycles. The molecule has 5 aromatic carbocycles. The molecule has 0 saturated heterocycles. The van der Waals surface area contributed by atoms with Gasteiger partial charge in [0.25, 0.3) is 0 Å². The maximum absolute atomic E-state index is 11.0. The van der Waals surface area contributed by atoms with Gasteiger partial charge in [-0.25, -0.2) is 0 Å². The standard InChI is InChI=1S/C40H36N4O.Pt/c1-27(2)32-19-13-20-33(28(3)4)39(32)42-25-35(41-40(42)34-18-8-11-23-38(34)45)29-14-12-17-31(24-29)44-26-43(30-15-6-5-7-16-30)36-21-9-10-22-37(36)44;/h5-23,25-28,45H,1-4H3;/q-2;+2. The van der Waals surface area contributed by atoms with Gasteiger partial charge in [-0.1, -0.05) is 94.0 Å². The largest absolute Gasteiger partial charge is 2.00 e. The molecule has 1 aromatic heterocycles. The third-order valence-corrected chi connectivity index (χ3v) is 8.42. The molecule has 0 aliphatic carbocycles. The molecule has 6 heteroatoms. The maximum atomic E-state index is 11.0. The minimum atomic E-state index is 0. The summed E-state index contributed by atoms with van der Waals surface area (Å²) in [6.45, 7) is 11.0. The van der Waals surface area contributed by atoms with Crippen LogP contribution >= 0.6 is 0 Å². The number of benzene rings is 5. The van der Waals surface area contributed by atoms with E-state index in [1.165, 1.54) is 11.1 Å². The summed E-state index contributed by atoms with van der Waals surface area (Å²) in [6.07, 6.45) is 2.10. The summed E-state index contributed by atoms with van der Waals surface area (Å²) in [7, 11) is 0. The fraction of sp³-hybridized carbons (Fsp3) is 0.150. The second-order valence-electron chi connectivity index (χ2n) is 12.1. The predicted octanol–water partition coefficient (Wildman–Crippen LogP) is 10.4. The number of anilines is 4. The second-order valence-corrected chi connectivity index (χ2v) is 12.1. The normalized spacial score (nSPS) is 12.5. The van der Waals surface area contributed by atoms with Gasteiger partial charge in [0.15, 0.2) is 0 Å². The van der Waals surface area contributed by atoms with Crippen LogP contribution in [0.5, 0.6) is 5.75 Å². The molecule has 1 aliphatic heterocycles. The van der Waals surface area contributed by atoms with Crippen LogP contribution in [-0.2, 0) is 21.1 Å². The summed E-state index contributed by atoms with van der Waals surface area (Å²) < 4.78 is 2.17. The predicted molar refractivity (Wildman–Crippen MR) is 185 cm³/mol. The average molecular weight is 784 g/mol. The zero-order chi connectivity index (χ0) is 31.1. The molecule has 6 aromatic rings. The van der Waals surface area contributed by atoms with Crippen molar-refractivity contribution in [1.29, 1.82) is 0 Å². The van der Waals surface area contributed by atoms with Gasteiger partial charge < -0.3 is 19.5 Å². The third kappa shape index (κ3) is 5.65. The van der Waals surface area contributed by atoms with Crippen molar-refractivity contribution >= 4 is 22.7 Å². The van der Waals surface area contributed by atoms with E-state index >= 15 is 0 Å². The van der Waals surface area contributed by atoms with E-state index in [4.69, 9.17) is 4.98 Å². The molecule has 0 atom stereocenters. The molecule has 0 spiro atoms. The fourth-order valence-corrected chi connectivity index (χ4v) is 6.17. The van der Waals surface area contributed by atoms with Gasteiger partial charge in [0.05, 0.1) is 11.3 Å². The number of phenols is 1. The molecular weight excluding hydrogens is 748 g/mol. The van der Waals surface area contributed by atoms with Gasteiger partial charge in [-0.15, -0.1) is 36.5 Å². The van der Waals surface area contributed by atoms with Gasteiger partial charge in [-0.2, -0.15) is 0 Å². The SMILES string of the molecule is CC(C)c1cccc(C(C)C)c1-n1cc(-c2[c-]c(N3[CH-]N(c4ccccc4)c4ccccc43)ccc2)nc1-c1ccccc1O.[Pt+2]. The van der Waals surface area contributed by atoms with E-state index in [0.29, 0.717) is 23.2 Å². The van der Waals surface area contributed by atoms with Gasteiger partial charge in [-0.05, 0) is 65.6 Å². The number of rotatable bonds is 7. The number of phenolic OH excluding ortho intramolecular Hbond substituents is 1. The first-order valence-electron chi connectivity index (χ1n) is 15.5. The first kappa shape index (κ1) is 31.4. The first-order chi connectivity index (χ1) is 21.9. The smallest absolute Gasteiger partial charge is 0.507 e. The topological polar surface area (TPSA) is 44.5 Å². The Morgan fingerprint density at radius 2 is 1.28 bits per heavy atom. The molecule has 7 rings (SSSR count). The molecule has 5 nitrogen and oxygen atoms in total. The van der Waals surface area contributed by atoms with Crippen LogP contribution < -0.4 is 9.80 Å². The minimum Gasteiger partial charge on any atom is -0.507 e. The van der Waals surface area contributed by atoms with E-state index in [9.17, 15) is 5.11 Å². The van der Waals surface area contributed by atoms with Crippen LogP contribution in [0.15, 0.2) is 121 Å². The zero-order valence-corrected chi connectivity index (χ0v) is 28.6. The molecule has 1 aliphatic rings. The molecule has 0 bridgehead atoms. The van der Waals surface area contributed by atoms with Crippen LogP contribution in [0.1, 0.15) is 50.7 Å². The van der Waals surface area contributed by atoms with Gasteiger partial charge >= 0.3 is 21.1 Å². The van der Waals surface area contributed by atoms with Crippen molar-refractivity contribution in [3.63, 3.8) is 0 Å². The number of hydrogen-bond donors (Lipinski definition) is 1. The van der Waals surface area contributed by atoms with Gasteiger partial charge in [0, 0.05) is 22.8 Å². The van der Waals surface area contributed by atoms with Crippen molar-refractivity contribution < 1.29 is 26.2 Å². The molecule has 0 fully saturated rings. The van der Waals surface area contributed by atoms with E-state index < -0.39 is 0 Å². The summed E-state index contributed by atoms with van der Waals surface area (Å²) in [5.74, 6) is 1.50. The number of imidazole rings is 1. The van der Waals surface area contributed by atoms with Gasteiger partial charge in [-0.3, -0.25) is 4.98 Å². The number of hydrogen-bond acceptors (Lipinski definition) is 4. The van der Waals surface area contributed by atoms with Crippen LogP contribution in [-0.4, -0.2) is 14.7 Å². The number of aromatic nitrogens is 2. The van der Waals surface area contributed by atoms with E-state index in [0.717, 1.165) is 39.7 Å². The van der Waals surface area contributed by atoms with Crippen molar-refractivity contribution in [2.24, 2.45) is 0 Å². The Hall–Kier alpha value is -4.60. The number of aromatic hydroxyl groups is 1. The van der Waals surface area contributed by atoms with Crippen LogP contribution in [0.25, 0.3) is 28.3 Å². The third-order valence-electron chi connectivity index (χ3n) is 8.42. The number of para-hydroxylation sites is 5. The molecule has 1 N–H and O–H groups in total. The summed E-state index contributed by atoms with van der Waals surface area (Å²) in [4.78, 5) is 9.58. The molecule has 46 heavy (non-hydrogen) atoms. The van der Waals surface area contributed by atoms with E-state index in [2.05, 4.69) is 146 Å². The minimum absolute atomic E-state index is 0. The first-order valence-corrected chi connectivity index (χ1v) is 15.5. The Morgan fingerprint density at radius 3 is 1.96 bits per heavy atom. The fourth-order valence-electron chi connectivity index (χ4n) is 6.17. The monoisotopic (exact) mass is 783 g/mol. The summed E-state index contributed by atoms with van der Waals surface area (Å²) in [5, 5.41) is 11.0. The Morgan fingerprint density at radius 1 is 0.674 bits per heavy atom. The molecular formula is C40H36N4OPt. The Labute approximate surface area is 286 Å². The van der Waals surface area contributed by atoms with Gasteiger partial charge in [0.2, 0.25) is 0 Å². The van der Waals surface area contributed by atoms with E-state index in [1.807, 2.05) is 24.3 Å². The van der Waals surface area contributed by atoms with Gasteiger partial charge in [0.1, 0.15) is 11.6 Å². The summed E-state index contributed by atoms with van der Waals surface area (Å²) in [5.41, 5.74) is 10.2. The van der Waals surface area contributed by atoms with Crippen LogP contribution in [0.3, 0.4) is 0 Å². The van der Waals surface area contributed by atoms with Crippen molar-refractivity contribution in [1.82, 2.24) is 9.55 Å². The summed E-state index contributed by atoms with van der Waals surface area (Å²) >= 11 is 0. The van der Waals surface area contributed by atoms with Crippen LogP contribution in [0.2, 0.25) is 0 Å². The van der Waals surface area contributed by atoms with Crippen LogP contribution in [0.4, 0.5) is 22.7 Å². The number of nitrogens with zero attached hydrogens (tertiary/aromatic N) is 4. The summed E-state index contributed by atoms with van der Waals surface area (Å²) in [6, 6.07) is 42.6. The van der Waals surface area contributed by atoms with Crippen molar-refractivity contribution in [3.8, 4) is 34.1 Å². The van der Waals surface area contributed by atoms with Crippen molar-refractivity contribution in [3.05, 3.63) is 145 Å². The van der Waals surface area contributed by atoms with E-state index in [1.54, 1.807) is 6.07 Å². The Bertz CT molecular complexity index is 1960. The van der Waals surface area contributed by atoms with Crippen LogP contribution in [0, 0.1) is 12.7 Å². The molecule has 0 unspecified atom stereocenters. The Balaban J connectivity index is 0.00000372. The van der Waals surface area contributed by atoms with E-state index in [-0.39, 0.29) is 26.8 Å². The maximum Gasteiger partial charge on any atom is 2.00 e. The molecule has 232 valence electrons. The van der Waals surface area contributed by atoms with Crippen molar-refractivity contribution in [2.45, 2.75) is 39.5 Å². The number of fused-ring (bicyclic) bond motifs is 1. The van der Waals surface area contributed by atoms with Crippen molar-refractivity contribution in [2.75, 3.05) is 9.80 Å². The molecule has 0 radical (unpaired) electrons. The quantitative estimate of drug-likeness (QED) is 0.164. The second kappa shape index (κ2) is 13.0. The average Bonchev–Trinajstić information content (AvgIpc) is 3.68. The Kier molecular flexibility index (Phi) is 8.88. The molecule has 0 amide bonds. The molecule has 0 saturated carbocycles. The zero-order valence-electron chi connectivity index (χ0n) is 26.3.